The fourth-order valence-corrected chi connectivity index (χ4v) is 2.46. The number of benzene rings is 1. The maximum absolute atomic E-state index is 4.47. The smallest absolute Gasteiger partial charge is 0.101 e. The summed E-state index contributed by atoms with van der Waals surface area (Å²) in [6.45, 7) is 6.17. The van der Waals surface area contributed by atoms with Crippen LogP contribution in [0, 0.1) is 13.8 Å². The maximum atomic E-state index is 4.47. The number of fused-ring (bicyclic) bond motifs is 1. The van der Waals surface area contributed by atoms with E-state index in [-0.39, 0.29) is 12.4 Å². The zero-order valence-corrected chi connectivity index (χ0v) is 11.5. The third-order valence-corrected chi connectivity index (χ3v) is 3.36. The van der Waals surface area contributed by atoms with Crippen molar-refractivity contribution in [1.29, 1.82) is 0 Å². The predicted octanol–water partition coefficient (Wildman–Crippen LogP) is 2.75. The van der Waals surface area contributed by atoms with E-state index in [4.69, 9.17) is 0 Å². The molecule has 96 valence electrons. The lowest BCUT2D eigenvalue weighted by Gasteiger charge is -2.03. The first-order valence-corrected chi connectivity index (χ1v) is 6.09. The third-order valence-electron chi connectivity index (χ3n) is 3.36. The van der Waals surface area contributed by atoms with Gasteiger partial charge in [0, 0.05) is 29.6 Å². The van der Waals surface area contributed by atoms with Crippen LogP contribution in [0.5, 0.6) is 0 Å². The summed E-state index contributed by atoms with van der Waals surface area (Å²) in [6.07, 6.45) is 0.912. The van der Waals surface area contributed by atoms with Crippen LogP contribution in [-0.4, -0.2) is 23.9 Å². The monoisotopic (exact) mass is 263 g/mol. The summed E-state index contributed by atoms with van der Waals surface area (Å²) in [5, 5.41) is 4.67. The van der Waals surface area contributed by atoms with Gasteiger partial charge in [-0.1, -0.05) is 11.6 Å². The highest BCUT2D eigenvalue weighted by atomic mass is 35.5. The molecule has 0 saturated carbocycles. The summed E-state index contributed by atoms with van der Waals surface area (Å²) in [7, 11) is 0. The van der Waals surface area contributed by atoms with Crippen molar-refractivity contribution in [3.63, 3.8) is 0 Å². The first-order chi connectivity index (χ1) is 8.24. The Kier molecular flexibility index (Phi) is 3.62. The van der Waals surface area contributed by atoms with Crippen LogP contribution in [0.3, 0.4) is 0 Å². The topological polar surface area (TPSA) is 40.2 Å². The molecule has 3 nitrogen and oxygen atoms in total. The van der Waals surface area contributed by atoms with Crippen LogP contribution < -0.4 is 5.32 Å². The lowest BCUT2D eigenvalue weighted by atomic mass is 10.1. The van der Waals surface area contributed by atoms with Gasteiger partial charge in [0.05, 0.1) is 6.54 Å². The van der Waals surface area contributed by atoms with Crippen LogP contribution in [0.2, 0.25) is 0 Å². The Morgan fingerprint density at radius 1 is 1.28 bits per heavy atom. The Balaban J connectivity index is 0.00000120. The van der Waals surface area contributed by atoms with E-state index in [1.165, 1.54) is 27.7 Å². The van der Waals surface area contributed by atoms with Gasteiger partial charge in [-0.05, 0) is 31.5 Å². The molecule has 0 bridgehead atoms. The highest BCUT2D eigenvalue weighted by Gasteiger charge is 2.13. The fraction of sp³-hybridized carbons (Fsp3) is 0.357. The number of H-pyrrole nitrogens is 1. The second-order valence-corrected chi connectivity index (χ2v) is 4.71. The number of aromatic nitrogens is 1. The van der Waals surface area contributed by atoms with Gasteiger partial charge in [-0.3, -0.25) is 4.99 Å². The van der Waals surface area contributed by atoms with Crippen LogP contribution >= 0.6 is 12.4 Å². The molecule has 0 amide bonds. The summed E-state index contributed by atoms with van der Waals surface area (Å²) in [5.41, 5.74) is 5.15. The standard InChI is InChI=1S/C14H17N3.ClH/c1-9-3-4-13-12(7-9)11(10(2)17-13)8-14-15-5-6-16-14;/h3-4,7,17H,5-6,8H2,1-2H3,(H,15,16);1H. The number of halogens is 1. The van der Waals surface area contributed by atoms with Crippen molar-refractivity contribution >= 4 is 29.1 Å². The van der Waals surface area contributed by atoms with Crippen LogP contribution in [0.1, 0.15) is 16.8 Å². The number of aryl methyl sites for hydroxylation is 2. The number of hydrogen-bond acceptors (Lipinski definition) is 2. The molecule has 1 aliphatic rings. The number of nitrogens with one attached hydrogen (secondary N) is 2. The zero-order valence-electron chi connectivity index (χ0n) is 10.7. The third kappa shape index (κ3) is 2.23. The van der Waals surface area contributed by atoms with E-state index >= 15 is 0 Å². The average molecular weight is 264 g/mol. The summed E-state index contributed by atoms with van der Waals surface area (Å²) in [4.78, 5) is 7.92. The van der Waals surface area contributed by atoms with Crippen molar-refractivity contribution in [3.05, 3.63) is 35.0 Å². The Hall–Kier alpha value is -1.48. The molecule has 2 aromatic rings. The molecule has 2 N–H and O–H groups in total. The molecule has 0 radical (unpaired) electrons. The molecule has 0 unspecified atom stereocenters. The summed E-state index contributed by atoms with van der Waals surface area (Å²) in [5.74, 6) is 1.12. The molecule has 0 spiro atoms. The lowest BCUT2D eigenvalue weighted by molar-refractivity contribution is 0.953. The van der Waals surface area contributed by atoms with Crippen LogP contribution in [-0.2, 0) is 6.42 Å². The molecular formula is C14H18ClN3. The first kappa shape index (κ1) is 13.0. The minimum Gasteiger partial charge on any atom is -0.372 e. The zero-order chi connectivity index (χ0) is 11.8. The molecule has 1 aromatic carbocycles. The van der Waals surface area contributed by atoms with Crippen molar-refractivity contribution in [2.45, 2.75) is 20.3 Å². The SMILES string of the molecule is Cc1ccc2[nH]c(C)c(CC3=NCCN3)c2c1.Cl. The molecule has 1 aliphatic heterocycles. The van der Waals surface area contributed by atoms with Gasteiger partial charge in [0.2, 0.25) is 0 Å². The van der Waals surface area contributed by atoms with Gasteiger partial charge in [-0.15, -0.1) is 12.4 Å². The summed E-state index contributed by atoms with van der Waals surface area (Å²) in [6, 6.07) is 6.56. The van der Waals surface area contributed by atoms with Gasteiger partial charge in [0.1, 0.15) is 5.84 Å². The van der Waals surface area contributed by atoms with Gasteiger partial charge < -0.3 is 10.3 Å². The Bertz CT molecular complexity index is 598. The second-order valence-electron chi connectivity index (χ2n) is 4.71. The largest absolute Gasteiger partial charge is 0.372 e. The highest BCUT2D eigenvalue weighted by molar-refractivity contribution is 5.93. The number of nitrogens with zero attached hydrogens (tertiary/aromatic N) is 1. The van der Waals surface area contributed by atoms with Crippen LogP contribution in [0.15, 0.2) is 23.2 Å². The molecule has 0 saturated heterocycles. The molecule has 3 rings (SSSR count). The van der Waals surface area contributed by atoms with E-state index in [2.05, 4.69) is 47.3 Å². The van der Waals surface area contributed by atoms with E-state index in [1.807, 2.05) is 0 Å². The summed E-state index contributed by atoms with van der Waals surface area (Å²) >= 11 is 0. The predicted molar refractivity (Wildman–Crippen MR) is 79.0 cm³/mol. The molecule has 4 heteroatoms. The fourth-order valence-electron chi connectivity index (χ4n) is 2.46. The van der Waals surface area contributed by atoms with Crippen LogP contribution in [0.4, 0.5) is 0 Å². The van der Waals surface area contributed by atoms with E-state index in [1.54, 1.807) is 0 Å². The van der Waals surface area contributed by atoms with Gasteiger partial charge in [0.15, 0.2) is 0 Å². The first-order valence-electron chi connectivity index (χ1n) is 6.09. The van der Waals surface area contributed by atoms with E-state index in [0.29, 0.717) is 0 Å². The van der Waals surface area contributed by atoms with Gasteiger partial charge >= 0.3 is 0 Å². The minimum absolute atomic E-state index is 0. The molecule has 0 atom stereocenters. The van der Waals surface area contributed by atoms with Crippen LogP contribution in [0.25, 0.3) is 10.9 Å². The number of hydrogen-bond donors (Lipinski definition) is 2. The van der Waals surface area contributed by atoms with Crippen molar-refractivity contribution in [1.82, 2.24) is 10.3 Å². The number of aromatic amines is 1. The average Bonchev–Trinajstić information content (AvgIpc) is 2.90. The molecule has 18 heavy (non-hydrogen) atoms. The van der Waals surface area contributed by atoms with Gasteiger partial charge in [-0.2, -0.15) is 0 Å². The Morgan fingerprint density at radius 2 is 2.11 bits per heavy atom. The number of amidine groups is 1. The van der Waals surface area contributed by atoms with Gasteiger partial charge in [-0.25, -0.2) is 0 Å². The molecule has 1 aromatic heterocycles. The Morgan fingerprint density at radius 3 is 2.83 bits per heavy atom. The normalized spacial score (nSPS) is 14.2. The van der Waals surface area contributed by atoms with E-state index < -0.39 is 0 Å². The number of aliphatic imine (C=N–C) groups is 1. The number of rotatable bonds is 2. The lowest BCUT2D eigenvalue weighted by Crippen LogP contribution is -2.20. The van der Waals surface area contributed by atoms with Crippen molar-refractivity contribution in [2.24, 2.45) is 4.99 Å². The quantitative estimate of drug-likeness (QED) is 0.859. The molecular weight excluding hydrogens is 246 g/mol. The minimum atomic E-state index is 0. The second kappa shape index (κ2) is 5.02. The van der Waals surface area contributed by atoms with Crippen molar-refractivity contribution in [3.8, 4) is 0 Å². The Labute approximate surface area is 113 Å². The molecule has 0 aliphatic carbocycles. The highest BCUT2D eigenvalue weighted by Crippen LogP contribution is 2.24. The van der Waals surface area contributed by atoms with E-state index in [9.17, 15) is 0 Å². The summed E-state index contributed by atoms with van der Waals surface area (Å²) < 4.78 is 0. The van der Waals surface area contributed by atoms with E-state index in [0.717, 1.165) is 25.3 Å². The van der Waals surface area contributed by atoms with Gasteiger partial charge in [0.25, 0.3) is 0 Å². The maximum Gasteiger partial charge on any atom is 0.101 e. The van der Waals surface area contributed by atoms with Crippen molar-refractivity contribution < 1.29 is 0 Å². The van der Waals surface area contributed by atoms with Crippen molar-refractivity contribution in [2.75, 3.05) is 13.1 Å². The molecule has 0 fully saturated rings. The molecule has 2 heterocycles.